The van der Waals surface area contributed by atoms with Crippen molar-refractivity contribution in [2.24, 2.45) is 0 Å². The number of aromatic nitrogens is 1. The minimum absolute atomic E-state index is 0.0660. The molecule has 1 aliphatic heterocycles. The summed E-state index contributed by atoms with van der Waals surface area (Å²) in [7, 11) is 1.65. The Morgan fingerprint density at radius 2 is 1.96 bits per heavy atom. The lowest BCUT2D eigenvalue weighted by molar-refractivity contribution is 0.0747. The van der Waals surface area contributed by atoms with Gasteiger partial charge in [-0.15, -0.1) is 11.3 Å². The van der Waals surface area contributed by atoms with E-state index in [1.807, 2.05) is 23.1 Å². The highest BCUT2D eigenvalue weighted by Gasteiger charge is 2.26. The summed E-state index contributed by atoms with van der Waals surface area (Å²) in [5.74, 6) is 0.714. The zero-order valence-corrected chi connectivity index (χ0v) is 17.0. The SMILES string of the molecule is COc1cccc2sc(N3CCN(C(=O)c4cc(Cl)sc4Cl)CC3)nc12. The molecule has 1 saturated heterocycles. The van der Waals surface area contributed by atoms with E-state index in [1.54, 1.807) is 24.5 Å². The van der Waals surface area contributed by atoms with Gasteiger partial charge in [-0.2, -0.15) is 0 Å². The first-order valence-corrected chi connectivity index (χ1v) is 10.4. The number of anilines is 1. The Balaban J connectivity index is 1.48. The second-order valence-corrected chi connectivity index (χ2v) is 9.12. The zero-order chi connectivity index (χ0) is 18.3. The Morgan fingerprint density at radius 3 is 2.62 bits per heavy atom. The Bertz CT molecular complexity index is 964. The Morgan fingerprint density at radius 1 is 1.19 bits per heavy atom. The van der Waals surface area contributed by atoms with Gasteiger partial charge in [0.05, 0.1) is 21.7 Å². The Hall–Kier alpha value is -1.54. The van der Waals surface area contributed by atoms with Crippen molar-refractivity contribution < 1.29 is 9.53 Å². The molecule has 2 aromatic heterocycles. The van der Waals surface area contributed by atoms with Gasteiger partial charge in [-0.05, 0) is 18.2 Å². The van der Waals surface area contributed by atoms with E-state index in [0.717, 1.165) is 34.2 Å². The van der Waals surface area contributed by atoms with Gasteiger partial charge in [0, 0.05) is 26.2 Å². The van der Waals surface area contributed by atoms with Crippen LogP contribution in [0.25, 0.3) is 10.2 Å². The fourth-order valence-electron chi connectivity index (χ4n) is 2.97. The zero-order valence-electron chi connectivity index (χ0n) is 13.9. The number of thiophene rings is 1. The molecule has 0 aliphatic carbocycles. The van der Waals surface area contributed by atoms with Crippen LogP contribution in [0.4, 0.5) is 5.13 Å². The van der Waals surface area contributed by atoms with Gasteiger partial charge in [0.25, 0.3) is 5.91 Å². The van der Waals surface area contributed by atoms with Crippen LogP contribution in [0.5, 0.6) is 5.75 Å². The van der Waals surface area contributed by atoms with Gasteiger partial charge in [-0.1, -0.05) is 40.6 Å². The lowest BCUT2D eigenvalue weighted by Crippen LogP contribution is -2.48. The van der Waals surface area contributed by atoms with Crippen LogP contribution in [0.15, 0.2) is 24.3 Å². The molecule has 1 amide bonds. The number of carbonyl (C=O) groups is 1. The molecule has 1 aromatic carbocycles. The highest BCUT2D eigenvalue weighted by atomic mass is 35.5. The second-order valence-electron chi connectivity index (χ2n) is 5.82. The molecule has 136 valence electrons. The predicted octanol–water partition coefficient (Wildman–Crippen LogP) is 4.64. The number of para-hydroxylation sites is 1. The first kappa shape index (κ1) is 17.9. The molecule has 4 rings (SSSR count). The van der Waals surface area contributed by atoms with Crippen LogP contribution < -0.4 is 9.64 Å². The molecular formula is C17H15Cl2N3O2S2. The van der Waals surface area contributed by atoms with Crippen molar-refractivity contribution in [2.75, 3.05) is 38.2 Å². The van der Waals surface area contributed by atoms with Crippen molar-refractivity contribution in [3.8, 4) is 5.75 Å². The van der Waals surface area contributed by atoms with Crippen LogP contribution in [-0.2, 0) is 0 Å². The molecule has 1 aliphatic rings. The van der Waals surface area contributed by atoms with Gasteiger partial charge >= 0.3 is 0 Å². The number of halogens is 2. The van der Waals surface area contributed by atoms with Crippen LogP contribution in [0, 0.1) is 0 Å². The molecule has 1 fully saturated rings. The number of piperazine rings is 1. The Labute approximate surface area is 168 Å². The maximum atomic E-state index is 12.6. The van der Waals surface area contributed by atoms with E-state index in [9.17, 15) is 4.79 Å². The van der Waals surface area contributed by atoms with Crippen LogP contribution >= 0.6 is 45.9 Å². The number of hydrogen-bond donors (Lipinski definition) is 0. The predicted molar refractivity (Wildman–Crippen MR) is 109 cm³/mol. The average Bonchev–Trinajstić information content (AvgIpc) is 3.23. The first-order chi connectivity index (χ1) is 12.6. The number of benzene rings is 1. The largest absolute Gasteiger partial charge is 0.494 e. The van der Waals surface area contributed by atoms with Gasteiger partial charge < -0.3 is 14.5 Å². The van der Waals surface area contributed by atoms with Crippen LogP contribution in [-0.4, -0.2) is 49.1 Å². The number of ether oxygens (including phenoxy) is 1. The molecule has 0 radical (unpaired) electrons. The smallest absolute Gasteiger partial charge is 0.256 e. The Kier molecular flexibility index (Phi) is 4.96. The lowest BCUT2D eigenvalue weighted by Gasteiger charge is -2.34. The fraction of sp³-hybridized carbons (Fsp3) is 0.294. The lowest BCUT2D eigenvalue weighted by atomic mass is 10.2. The minimum atomic E-state index is -0.0660. The average molecular weight is 428 g/mol. The van der Waals surface area contributed by atoms with Crippen molar-refractivity contribution >= 4 is 67.1 Å². The van der Waals surface area contributed by atoms with Crippen molar-refractivity contribution in [3.05, 3.63) is 38.5 Å². The van der Waals surface area contributed by atoms with Gasteiger partial charge in [-0.25, -0.2) is 4.98 Å². The molecule has 0 atom stereocenters. The van der Waals surface area contributed by atoms with Gasteiger partial charge in [0.2, 0.25) is 0 Å². The molecule has 0 saturated carbocycles. The third-order valence-corrected chi connectivity index (χ3v) is 6.88. The minimum Gasteiger partial charge on any atom is -0.494 e. The number of methoxy groups -OCH3 is 1. The third-order valence-electron chi connectivity index (χ3n) is 4.32. The second kappa shape index (κ2) is 7.23. The molecule has 26 heavy (non-hydrogen) atoms. The molecular weight excluding hydrogens is 413 g/mol. The summed E-state index contributed by atoms with van der Waals surface area (Å²) in [6.07, 6.45) is 0. The highest BCUT2D eigenvalue weighted by Crippen LogP contribution is 2.35. The van der Waals surface area contributed by atoms with Crippen molar-refractivity contribution in [2.45, 2.75) is 0 Å². The summed E-state index contributed by atoms with van der Waals surface area (Å²) in [6, 6.07) is 7.57. The van der Waals surface area contributed by atoms with Crippen LogP contribution in [0.3, 0.4) is 0 Å². The van der Waals surface area contributed by atoms with E-state index >= 15 is 0 Å². The molecule has 9 heteroatoms. The molecule has 0 unspecified atom stereocenters. The normalized spacial score (nSPS) is 14.9. The van der Waals surface area contributed by atoms with Gasteiger partial charge in [-0.3, -0.25) is 4.79 Å². The highest BCUT2D eigenvalue weighted by molar-refractivity contribution is 7.22. The maximum absolute atomic E-state index is 12.6. The number of nitrogens with zero attached hydrogens (tertiary/aromatic N) is 3. The van der Waals surface area contributed by atoms with Gasteiger partial charge in [0.1, 0.15) is 15.6 Å². The number of thiazole rings is 1. The molecule has 0 N–H and O–H groups in total. The van der Waals surface area contributed by atoms with E-state index in [4.69, 9.17) is 32.9 Å². The monoisotopic (exact) mass is 427 g/mol. The summed E-state index contributed by atoms with van der Waals surface area (Å²) < 4.78 is 7.46. The van der Waals surface area contributed by atoms with E-state index in [1.165, 1.54) is 11.3 Å². The quantitative estimate of drug-likeness (QED) is 0.610. The molecule has 5 nitrogen and oxygen atoms in total. The van der Waals surface area contributed by atoms with Crippen molar-refractivity contribution in [3.63, 3.8) is 0 Å². The van der Waals surface area contributed by atoms with E-state index < -0.39 is 0 Å². The summed E-state index contributed by atoms with van der Waals surface area (Å²) in [5.41, 5.74) is 1.37. The topological polar surface area (TPSA) is 45.7 Å². The molecule has 0 spiro atoms. The molecule has 0 bridgehead atoms. The summed E-state index contributed by atoms with van der Waals surface area (Å²) >= 11 is 14.9. The van der Waals surface area contributed by atoms with Crippen molar-refractivity contribution in [1.29, 1.82) is 0 Å². The molecule has 3 heterocycles. The third kappa shape index (κ3) is 3.24. The summed E-state index contributed by atoms with van der Waals surface area (Å²) in [5, 5.41) is 0.952. The van der Waals surface area contributed by atoms with E-state index in [2.05, 4.69) is 4.90 Å². The number of hydrogen-bond acceptors (Lipinski definition) is 6. The van der Waals surface area contributed by atoms with Crippen LogP contribution in [0.1, 0.15) is 10.4 Å². The number of carbonyl (C=O) groups excluding carboxylic acids is 1. The number of rotatable bonds is 3. The van der Waals surface area contributed by atoms with E-state index in [0.29, 0.717) is 27.3 Å². The number of amides is 1. The van der Waals surface area contributed by atoms with Crippen molar-refractivity contribution in [1.82, 2.24) is 9.88 Å². The van der Waals surface area contributed by atoms with Gasteiger partial charge in [0.15, 0.2) is 5.13 Å². The maximum Gasteiger partial charge on any atom is 0.256 e. The standard InChI is InChI=1S/C17H15Cl2N3O2S2/c1-24-11-3-2-4-12-14(11)20-17(25-12)22-7-5-21(6-8-22)16(23)10-9-13(18)26-15(10)19/h2-4,9H,5-8H2,1H3. The fourth-order valence-corrected chi connectivity index (χ4v) is 5.45. The molecule has 3 aromatic rings. The van der Waals surface area contributed by atoms with E-state index in [-0.39, 0.29) is 5.91 Å². The van der Waals surface area contributed by atoms with Crippen LogP contribution in [0.2, 0.25) is 8.67 Å². The number of fused-ring (bicyclic) bond motifs is 1. The summed E-state index contributed by atoms with van der Waals surface area (Å²) in [4.78, 5) is 21.4. The summed E-state index contributed by atoms with van der Waals surface area (Å²) in [6.45, 7) is 2.69. The first-order valence-electron chi connectivity index (χ1n) is 7.99.